The summed E-state index contributed by atoms with van der Waals surface area (Å²) in [6.07, 6.45) is 1.53. The number of hydrogen-bond donors (Lipinski definition) is 1. The quantitative estimate of drug-likeness (QED) is 0.810. The van der Waals surface area contributed by atoms with Gasteiger partial charge < -0.3 is 14.4 Å². The standard InChI is InChI=1S/C21H24N2O5S/c24-20(23-12-10-17(11-13-23)21-27-14-15-28-21)16-6-8-19(9-7-16)29(25,26)22-18-4-2-1-3-5-18/h1-9,17,21-22H,10-15H2. The third kappa shape index (κ3) is 4.60. The summed E-state index contributed by atoms with van der Waals surface area (Å²) in [4.78, 5) is 14.7. The Kier molecular flexibility index (Phi) is 5.84. The van der Waals surface area contributed by atoms with Gasteiger partial charge in [-0.3, -0.25) is 9.52 Å². The first-order valence-electron chi connectivity index (χ1n) is 9.73. The minimum atomic E-state index is -3.70. The third-order valence-corrected chi connectivity index (χ3v) is 6.69. The van der Waals surface area contributed by atoms with Gasteiger partial charge in [-0.15, -0.1) is 0 Å². The van der Waals surface area contributed by atoms with E-state index >= 15 is 0 Å². The van der Waals surface area contributed by atoms with E-state index in [1.807, 2.05) is 6.07 Å². The van der Waals surface area contributed by atoms with Gasteiger partial charge in [-0.25, -0.2) is 8.42 Å². The van der Waals surface area contributed by atoms with E-state index in [-0.39, 0.29) is 17.1 Å². The largest absolute Gasteiger partial charge is 0.350 e. The molecule has 7 nitrogen and oxygen atoms in total. The molecule has 0 spiro atoms. The molecule has 0 unspecified atom stereocenters. The molecule has 29 heavy (non-hydrogen) atoms. The molecule has 0 radical (unpaired) electrons. The van der Waals surface area contributed by atoms with Crippen LogP contribution in [-0.2, 0) is 19.5 Å². The van der Waals surface area contributed by atoms with Gasteiger partial charge in [-0.1, -0.05) is 18.2 Å². The van der Waals surface area contributed by atoms with E-state index in [1.54, 1.807) is 41.3 Å². The third-order valence-electron chi connectivity index (χ3n) is 5.30. The molecule has 2 aromatic carbocycles. The van der Waals surface area contributed by atoms with Crippen LogP contribution in [0.4, 0.5) is 5.69 Å². The number of nitrogens with one attached hydrogen (secondary N) is 1. The Labute approximate surface area is 170 Å². The van der Waals surface area contributed by atoms with Gasteiger partial charge in [0.05, 0.1) is 18.1 Å². The van der Waals surface area contributed by atoms with Crippen molar-refractivity contribution in [3.8, 4) is 0 Å². The molecule has 4 rings (SSSR count). The molecule has 2 fully saturated rings. The Balaban J connectivity index is 1.38. The van der Waals surface area contributed by atoms with Crippen LogP contribution in [0.5, 0.6) is 0 Å². The monoisotopic (exact) mass is 416 g/mol. The second-order valence-electron chi connectivity index (χ2n) is 7.24. The molecule has 1 N–H and O–H groups in total. The molecule has 0 atom stereocenters. The highest BCUT2D eigenvalue weighted by Gasteiger charge is 2.32. The molecule has 2 aliphatic heterocycles. The zero-order valence-corrected chi connectivity index (χ0v) is 16.8. The number of sulfonamides is 1. The van der Waals surface area contributed by atoms with Gasteiger partial charge in [0, 0.05) is 30.3 Å². The van der Waals surface area contributed by atoms with Crippen LogP contribution >= 0.6 is 0 Å². The molecule has 1 amide bonds. The Morgan fingerprint density at radius 3 is 2.17 bits per heavy atom. The van der Waals surface area contributed by atoms with E-state index in [4.69, 9.17) is 9.47 Å². The van der Waals surface area contributed by atoms with E-state index in [2.05, 4.69) is 4.72 Å². The Bertz CT molecular complexity index is 933. The number of hydrogen-bond acceptors (Lipinski definition) is 5. The maximum absolute atomic E-state index is 12.8. The number of ether oxygens (including phenoxy) is 2. The van der Waals surface area contributed by atoms with Crippen molar-refractivity contribution >= 4 is 21.6 Å². The van der Waals surface area contributed by atoms with Gasteiger partial charge in [0.15, 0.2) is 6.29 Å². The number of para-hydroxylation sites is 1. The maximum atomic E-state index is 12.8. The summed E-state index contributed by atoms with van der Waals surface area (Å²) in [5, 5.41) is 0. The van der Waals surface area contributed by atoms with Crippen molar-refractivity contribution in [1.29, 1.82) is 0 Å². The molecule has 0 aliphatic carbocycles. The number of anilines is 1. The fraction of sp³-hybridized carbons (Fsp3) is 0.381. The smallest absolute Gasteiger partial charge is 0.261 e. The average Bonchev–Trinajstić information content (AvgIpc) is 3.29. The predicted molar refractivity (Wildman–Crippen MR) is 108 cm³/mol. The maximum Gasteiger partial charge on any atom is 0.261 e. The van der Waals surface area contributed by atoms with Crippen LogP contribution in [0.25, 0.3) is 0 Å². The lowest BCUT2D eigenvalue weighted by Crippen LogP contribution is -2.41. The lowest BCUT2D eigenvalue weighted by Gasteiger charge is -2.33. The summed E-state index contributed by atoms with van der Waals surface area (Å²) >= 11 is 0. The molecular weight excluding hydrogens is 392 g/mol. The lowest BCUT2D eigenvalue weighted by molar-refractivity contribution is -0.0956. The van der Waals surface area contributed by atoms with Gasteiger partial charge in [-0.2, -0.15) is 0 Å². The van der Waals surface area contributed by atoms with Gasteiger partial charge in [0.2, 0.25) is 0 Å². The average molecular weight is 416 g/mol. The van der Waals surface area contributed by atoms with Gasteiger partial charge >= 0.3 is 0 Å². The number of likely N-dealkylation sites (tertiary alicyclic amines) is 1. The zero-order valence-electron chi connectivity index (χ0n) is 16.0. The fourth-order valence-corrected chi connectivity index (χ4v) is 4.76. The van der Waals surface area contributed by atoms with Crippen molar-refractivity contribution in [1.82, 2.24) is 4.90 Å². The summed E-state index contributed by atoms with van der Waals surface area (Å²) in [6, 6.07) is 14.8. The molecule has 2 heterocycles. The van der Waals surface area contributed by atoms with Crippen molar-refractivity contribution in [3.05, 3.63) is 60.2 Å². The fourth-order valence-electron chi connectivity index (χ4n) is 3.70. The first-order valence-corrected chi connectivity index (χ1v) is 11.2. The molecule has 2 aliphatic rings. The number of piperidine rings is 1. The minimum absolute atomic E-state index is 0.0864. The van der Waals surface area contributed by atoms with Crippen molar-refractivity contribution in [2.75, 3.05) is 31.0 Å². The minimum Gasteiger partial charge on any atom is -0.350 e. The summed E-state index contributed by atoms with van der Waals surface area (Å²) < 4.78 is 38.7. The molecule has 0 aromatic heterocycles. The first kappa shape index (κ1) is 19.9. The molecule has 2 aromatic rings. The van der Waals surface area contributed by atoms with Crippen LogP contribution < -0.4 is 4.72 Å². The highest BCUT2D eigenvalue weighted by molar-refractivity contribution is 7.92. The lowest BCUT2D eigenvalue weighted by atomic mass is 9.95. The second kappa shape index (κ2) is 8.52. The normalized spacial score (nSPS) is 18.7. The SMILES string of the molecule is O=C(c1ccc(S(=O)(=O)Nc2ccccc2)cc1)N1CCC(C2OCCO2)CC1. The molecular formula is C21H24N2O5S. The van der Waals surface area contributed by atoms with E-state index in [9.17, 15) is 13.2 Å². The highest BCUT2D eigenvalue weighted by atomic mass is 32.2. The summed E-state index contributed by atoms with van der Waals surface area (Å²) in [6.45, 7) is 2.56. The van der Waals surface area contributed by atoms with Crippen LogP contribution in [0.15, 0.2) is 59.5 Å². The van der Waals surface area contributed by atoms with Gasteiger partial charge in [0.25, 0.3) is 15.9 Å². The number of nitrogens with zero attached hydrogens (tertiary/aromatic N) is 1. The van der Waals surface area contributed by atoms with Crippen molar-refractivity contribution < 1.29 is 22.7 Å². The number of amides is 1. The molecule has 8 heteroatoms. The summed E-state index contributed by atoms with van der Waals surface area (Å²) in [7, 11) is -3.70. The molecule has 0 saturated carbocycles. The Morgan fingerprint density at radius 2 is 1.55 bits per heavy atom. The number of carbonyl (C=O) groups is 1. The van der Waals surface area contributed by atoms with E-state index in [0.29, 0.717) is 43.5 Å². The number of rotatable bonds is 5. The summed E-state index contributed by atoms with van der Waals surface area (Å²) in [5.74, 6) is 0.231. The van der Waals surface area contributed by atoms with Crippen LogP contribution in [0.3, 0.4) is 0 Å². The van der Waals surface area contributed by atoms with E-state index in [1.165, 1.54) is 12.1 Å². The van der Waals surface area contributed by atoms with Crippen LogP contribution in [0.2, 0.25) is 0 Å². The van der Waals surface area contributed by atoms with Crippen LogP contribution in [0, 0.1) is 5.92 Å². The topological polar surface area (TPSA) is 84.9 Å². The predicted octanol–water partition coefficient (Wildman–Crippen LogP) is 2.71. The molecule has 154 valence electrons. The number of benzene rings is 2. The summed E-state index contributed by atoms with van der Waals surface area (Å²) in [5.41, 5.74) is 0.973. The second-order valence-corrected chi connectivity index (χ2v) is 8.92. The Hall–Kier alpha value is -2.42. The van der Waals surface area contributed by atoms with Crippen LogP contribution in [0.1, 0.15) is 23.2 Å². The van der Waals surface area contributed by atoms with Crippen molar-refractivity contribution in [2.45, 2.75) is 24.0 Å². The van der Waals surface area contributed by atoms with E-state index in [0.717, 1.165) is 12.8 Å². The van der Waals surface area contributed by atoms with E-state index < -0.39 is 10.0 Å². The molecule has 2 saturated heterocycles. The van der Waals surface area contributed by atoms with Gasteiger partial charge in [0.1, 0.15) is 0 Å². The van der Waals surface area contributed by atoms with Crippen molar-refractivity contribution in [3.63, 3.8) is 0 Å². The van der Waals surface area contributed by atoms with Crippen molar-refractivity contribution in [2.24, 2.45) is 5.92 Å². The van der Waals surface area contributed by atoms with Gasteiger partial charge in [-0.05, 0) is 49.2 Å². The van der Waals surface area contributed by atoms with Crippen LogP contribution in [-0.4, -0.2) is 51.8 Å². The highest BCUT2D eigenvalue weighted by Crippen LogP contribution is 2.26. The Morgan fingerprint density at radius 1 is 0.931 bits per heavy atom. The first-order chi connectivity index (χ1) is 14.0. The zero-order chi connectivity index (χ0) is 20.3. The molecule has 0 bridgehead atoms. The number of carbonyl (C=O) groups excluding carboxylic acids is 1.